The summed E-state index contributed by atoms with van der Waals surface area (Å²) in [5, 5.41) is 2.50. The predicted octanol–water partition coefficient (Wildman–Crippen LogP) is -0.113. The highest BCUT2D eigenvalue weighted by Gasteiger charge is 2.34. The summed E-state index contributed by atoms with van der Waals surface area (Å²) in [5.74, 6) is -0.312. The number of aryl methyl sites for hydroxylation is 1. The number of hydrogen-bond donors (Lipinski definition) is 2. The molecular formula is C13H22N4O3S. The average Bonchev–Trinajstić information content (AvgIpc) is 2.89. The SMILES string of the molecule is CNC(=O)c1cc(S(=O)(=O)N2CCCCC2CN)cn1C. The summed E-state index contributed by atoms with van der Waals surface area (Å²) in [7, 11) is -0.449. The lowest BCUT2D eigenvalue weighted by Gasteiger charge is -2.33. The third-order valence-corrected chi connectivity index (χ3v) is 5.81. The van der Waals surface area contributed by atoms with Crippen LogP contribution in [0.4, 0.5) is 0 Å². The summed E-state index contributed by atoms with van der Waals surface area (Å²) in [5.41, 5.74) is 6.01. The molecule has 0 radical (unpaired) electrons. The third-order valence-electron chi connectivity index (χ3n) is 3.89. The van der Waals surface area contributed by atoms with Crippen molar-refractivity contribution in [3.63, 3.8) is 0 Å². The van der Waals surface area contributed by atoms with Gasteiger partial charge in [-0.1, -0.05) is 6.42 Å². The van der Waals surface area contributed by atoms with Gasteiger partial charge in [-0.2, -0.15) is 4.31 Å². The topological polar surface area (TPSA) is 97.4 Å². The van der Waals surface area contributed by atoms with Crippen LogP contribution in [-0.2, 0) is 17.1 Å². The van der Waals surface area contributed by atoms with Crippen LogP contribution >= 0.6 is 0 Å². The monoisotopic (exact) mass is 314 g/mol. The Balaban J connectivity index is 2.37. The van der Waals surface area contributed by atoms with Crippen molar-refractivity contribution in [3.05, 3.63) is 18.0 Å². The molecule has 1 aliphatic heterocycles. The van der Waals surface area contributed by atoms with Crippen LogP contribution in [0.1, 0.15) is 29.8 Å². The van der Waals surface area contributed by atoms with Gasteiger partial charge in [-0.3, -0.25) is 4.79 Å². The molecule has 1 amide bonds. The first kappa shape index (κ1) is 16.0. The molecule has 21 heavy (non-hydrogen) atoms. The second kappa shape index (κ2) is 6.17. The molecule has 2 heterocycles. The molecule has 7 nitrogen and oxygen atoms in total. The van der Waals surface area contributed by atoms with Crippen molar-refractivity contribution in [2.45, 2.75) is 30.2 Å². The van der Waals surface area contributed by atoms with Gasteiger partial charge in [0.05, 0.1) is 0 Å². The summed E-state index contributed by atoms with van der Waals surface area (Å²) in [6.45, 7) is 0.794. The molecule has 0 aliphatic carbocycles. The number of carbonyl (C=O) groups excluding carboxylic acids is 1. The highest BCUT2D eigenvalue weighted by Crippen LogP contribution is 2.26. The fraction of sp³-hybridized carbons (Fsp3) is 0.615. The molecule has 1 unspecified atom stereocenters. The number of nitrogens with zero attached hydrogens (tertiary/aromatic N) is 2. The second-order valence-electron chi connectivity index (χ2n) is 5.25. The van der Waals surface area contributed by atoms with Crippen molar-refractivity contribution in [1.29, 1.82) is 0 Å². The first-order valence-corrected chi connectivity index (χ1v) is 8.46. The van der Waals surface area contributed by atoms with E-state index in [2.05, 4.69) is 5.32 Å². The Morgan fingerprint density at radius 2 is 2.19 bits per heavy atom. The summed E-state index contributed by atoms with van der Waals surface area (Å²) in [4.78, 5) is 11.9. The van der Waals surface area contributed by atoms with E-state index in [9.17, 15) is 13.2 Å². The van der Waals surface area contributed by atoms with Crippen LogP contribution in [0, 0.1) is 0 Å². The first-order chi connectivity index (χ1) is 9.91. The Hall–Kier alpha value is -1.38. The zero-order valence-corrected chi connectivity index (χ0v) is 13.2. The minimum Gasteiger partial charge on any atom is -0.354 e. The molecule has 0 spiro atoms. The quantitative estimate of drug-likeness (QED) is 0.810. The maximum absolute atomic E-state index is 12.8. The van der Waals surface area contributed by atoms with Gasteiger partial charge < -0.3 is 15.6 Å². The van der Waals surface area contributed by atoms with Gasteiger partial charge in [0, 0.05) is 39.4 Å². The molecule has 1 aliphatic rings. The summed E-state index contributed by atoms with van der Waals surface area (Å²) in [6.07, 6.45) is 4.09. The molecule has 0 saturated carbocycles. The van der Waals surface area contributed by atoms with Crippen LogP contribution < -0.4 is 11.1 Å². The molecule has 3 N–H and O–H groups in total. The van der Waals surface area contributed by atoms with Gasteiger partial charge in [-0.05, 0) is 18.9 Å². The molecule has 1 saturated heterocycles. The summed E-state index contributed by atoms with van der Waals surface area (Å²) >= 11 is 0. The van der Waals surface area contributed by atoms with Crippen molar-refractivity contribution in [3.8, 4) is 0 Å². The Morgan fingerprint density at radius 1 is 1.48 bits per heavy atom. The van der Waals surface area contributed by atoms with Crippen molar-refractivity contribution in [2.75, 3.05) is 20.1 Å². The van der Waals surface area contributed by atoms with Gasteiger partial charge in [-0.25, -0.2) is 8.42 Å². The van der Waals surface area contributed by atoms with Crippen LogP contribution in [-0.4, -0.2) is 49.4 Å². The minimum absolute atomic E-state index is 0.143. The molecule has 2 rings (SSSR count). The van der Waals surface area contributed by atoms with Crippen LogP contribution in [0.5, 0.6) is 0 Å². The highest BCUT2D eigenvalue weighted by molar-refractivity contribution is 7.89. The maximum atomic E-state index is 12.8. The fourth-order valence-electron chi connectivity index (χ4n) is 2.69. The van der Waals surface area contributed by atoms with Crippen LogP contribution in [0.2, 0.25) is 0 Å². The van der Waals surface area contributed by atoms with Crippen LogP contribution in [0.15, 0.2) is 17.2 Å². The van der Waals surface area contributed by atoms with E-state index >= 15 is 0 Å². The van der Waals surface area contributed by atoms with E-state index in [4.69, 9.17) is 5.73 Å². The van der Waals surface area contributed by atoms with Crippen molar-refractivity contribution >= 4 is 15.9 Å². The van der Waals surface area contributed by atoms with Crippen molar-refractivity contribution in [1.82, 2.24) is 14.2 Å². The number of hydrogen-bond acceptors (Lipinski definition) is 4. The van der Waals surface area contributed by atoms with Crippen LogP contribution in [0.3, 0.4) is 0 Å². The number of sulfonamides is 1. The standard InChI is InChI=1S/C13H22N4O3S/c1-15-13(18)12-7-11(9-16(12)2)21(19,20)17-6-4-3-5-10(17)8-14/h7,9-10H,3-6,8,14H2,1-2H3,(H,15,18). The van der Waals surface area contributed by atoms with E-state index in [1.807, 2.05) is 0 Å². The van der Waals surface area contributed by atoms with Gasteiger partial charge in [-0.15, -0.1) is 0 Å². The first-order valence-electron chi connectivity index (χ1n) is 7.02. The summed E-state index contributed by atoms with van der Waals surface area (Å²) < 4.78 is 28.5. The van der Waals surface area contributed by atoms with E-state index in [-0.39, 0.29) is 16.8 Å². The molecule has 1 fully saturated rings. The maximum Gasteiger partial charge on any atom is 0.267 e. The molecule has 118 valence electrons. The molecule has 8 heteroatoms. The molecule has 1 atom stereocenters. The van der Waals surface area contributed by atoms with E-state index in [1.54, 1.807) is 7.05 Å². The van der Waals surface area contributed by atoms with Gasteiger partial charge in [0.1, 0.15) is 10.6 Å². The van der Waals surface area contributed by atoms with E-state index in [0.29, 0.717) is 18.8 Å². The molecular weight excluding hydrogens is 292 g/mol. The van der Waals surface area contributed by atoms with Crippen LogP contribution in [0.25, 0.3) is 0 Å². The Kier molecular flexibility index (Phi) is 4.70. The molecule has 1 aromatic rings. The van der Waals surface area contributed by atoms with Gasteiger partial charge in [0.2, 0.25) is 10.0 Å². The smallest absolute Gasteiger partial charge is 0.267 e. The van der Waals surface area contributed by atoms with Crippen molar-refractivity contribution < 1.29 is 13.2 Å². The Bertz CT molecular complexity index is 623. The zero-order valence-electron chi connectivity index (χ0n) is 12.4. The predicted molar refractivity (Wildman–Crippen MR) is 79.4 cm³/mol. The number of carbonyl (C=O) groups is 1. The number of nitrogens with one attached hydrogen (secondary N) is 1. The number of rotatable bonds is 4. The highest BCUT2D eigenvalue weighted by atomic mass is 32.2. The second-order valence-corrected chi connectivity index (χ2v) is 7.14. The third kappa shape index (κ3) is 2.97. The molecule has 1 aromatic heterocycles. The summed E-state index contributed by atoms with van der Waals surface area (Å²) in [6, 6.07) is 1.25. The molecule has 0 bridgehead atoms. The van der Waals surface area contributed by atoms with Gasteiger partial charge in [0.25, 0.3) is 5.91 Å². The Morgan fingerprint density at radius 3 is 2.81 bits per heavy atom. The average molecular weight is 314 g/mol. The van der Waals surface area contributed by atoms with Gasteiger partial charge in [0.15, 0.2) is 0 Å². The zero-order chi connectivity index (χ0) is 15.6. The van der Waals surface area contributed by atoms with E-state index < -0.39 is 10.0 Å². The number of piperidine rings is 1. The Labute approximate surface area is 125 Å². The van der Waals surface area contributed by atoms with Crippen molar-refractivity contribution in [2.24, 2.45) is 12.8 Å². The number of aromatic nitrogens is 1. The normalized spacial score (nSPS) is 20.4. The lowest BCUT2D eigenvalue weighted by atomic mass is 10.1. The van der Waals surface area contributed by atoms with Gasteiger partial charge >= 0.3 is 0 Å². The van der Waals surface area contributed by atoms with E-state index in [1.165, 1.54) is 28.2 Å². The molecule has 0 aromatic carbocycles. The number of nitrogens with two attached hydrogens (primary N) is 1. The largest absolute Gasteiger partial charge is 0.354 e. The van der Waals surface area contributed by atoms with E-state index in [0.717, 1.165) is 19.3 Å². The lowest BCUT2D eigenvalue weighted by molar-refractivity contribution is 0.0955. The fourth-order valence-corrected chi connectivity index (χ4v) is 4.47. The number of amides is 1. The lowest BCUT2D eigenvalue weighted by Crippen LogP contribution is -2.47. The minimum atomic E-state index is -3.61.